The monoisotopic (exact) mass is 425 g/mol. The van der Waals surface area contributed by atoms with E-state index in [0.29, 0.717) is 37.9 Å². The van der Waals surface area contributed by atoms with Gasteiger partial charge in [-0.2, -0.15) is 0 Å². The smallest absolute Gasteiger partial charge is 0.251 e. The molecule has 1 aliphatic rings. The number of hydrogen-bond donors (Lipinski definition) is 1. The molecule has 0 saturated carbocycles. The SMILES string of the molecule is O=C(NCCCCC(=O)N1Cc2ccccc2C#Cc2ccccc21)c1ccc([18F])cc1. The molecule has 3 aromatic rings. The maximum absolute atomic E-state index is 13.1. The van der Waals surface area contributed by atoms with Crippen molar-refractivity contribution in [3.8, 4) is 11.8 Å². The number of carbonyl (C=O) groups excluding carboxylic acids is 2. The lowest BCUT2D eigenvalue weighted by molar-refractivity contribution is -0.118. The van der Waals surface area contributed by atoms with Crippen LogP contribution >= 0.6 is 0 Å². The van der Waals surface area contributed by atoms with Crippen molar-refractivity contribution in [3.63, 3.8) is 0 Å². The van der Waals surface area contributed by atoms with Crippen molar-refractivity contribution in [2.75, 3.05) is 11.4 Å². The zero-order chi connectivity index (χ0) is 22.3. The average Bonchev–Trinajstić information content (AvgIpc) is 2.80. The summed E-state index contributed by atoms with van der Waals surface area (Å²) < 4.78 is 13.0. The van der Waals surface area contributed by atoms with E-state index in [1.165, 1.54) is 24.3 Å². The van der Waals surface area contributed by atoms with Gasteiger partial charge in [0.15, 0.2) is 0 Å². The molecule has 0 aliphatic carbocycles. The normalized spacial score (nSPS) is 11.8. The Balaban J connectivity index is 1.36. The third-order valence-electron chi connectivity index (χ3n) is 5.38. The summed E-state index contributed by atoms with van der Waals surface area (Å²) in [6.45, 7) is 0.927. The molecule has 0 radical (unpaired) electrons. The standard InChI is InChI=1S/C27H23FN2O2/c28-24-16-14-22(15-17-24)27(32)29-18-6-5-11-26(31)30-19-23-9-2-1-7-20(23)12-13-21-8-3-4-10-25(21)30/h1-4,7-10,14-17H,5-6,11,18-19H2,(H,29,32)/i28-1. The molecule has 0 fully saturated rings. The maximum Gasteiger partial charge on any atom is 0.251 e. The zero-order valence-corrected chi connectivity index (χ0v) is 17.6. The number of anilines is 1. The Kier molecular flexibility index (Phi) is 6.62. The molecule has 2 amide bonds. The van der Waals surface area contributed by atoms with Gasteiger partial charge in [0.2, 0.25) is 5.91 Å². The van der Waals surface area contributed by atoms with Crippen LogP contribution in [0.15, 0.2) is 72.8 Å². The number of nitrogens with zero attached hydrogens (tertiary/aromatic N) is 1. The van der Waals surface area contributed by atoms with Crippen LogP contribution in [0.3, 0.4) is 0 Å². The van der Waals surface area contributed by atoms with Crippen molar-refractivity contribution in [2.24, 2.45) is 0 Å². The Hall–Kier alpha value is -3.91. The quantitative estimate of drug-likeness (QED) is 0.461. The first-order chi connectivity index (χ1) is 15.6. The van der Waals surface area contributed by atoms with E-state index in [1.807, 2.05) is 48.5 Å². The second-order valence-electron chi connectivity index (χ2n) is 7.62. The first kappa shape index (κ1) is 21.3. The maximum atomic E-state index is 13.1. The number of nitrogens with one attached hydrogen (secondary N) is 1. The van der Waals surface area contributed by atoms with Gasteiger partial charge in [0, 0.05) is 29.7 Å². The molecular formula is C27H23FN2O2. The van der Waals surface area contributed by atoms with Gasteiger partial charge >= 0.3 is 0 Å². The van der Waals surface area contributed by atoms with Crippen LogP contribution in [0.2, 0.25) is 0 Å². The molecule has 4 rings (SSSR count). The molecule has 32 heavy (non-hydrogen) atoms. The molecule has 0 spiro atoms. The summed E-state index contributed by atoms with van der Waals surface area (Å²) in [7, 11) is 0. The van der Waals surface area contributed by atoms with Gasteiger partial charge in [-0.25, -0.2) is 4.39 Å². The lowest BCUT2D eigenvalue weighted by Gasteiger charge is -2.26. The number of para-hydroxylation sites is 1. The summed E-state index contributed by atoms with van der Waals surface area (Å²) in [6, 6.07) is 21.0. The predicted molar refractivity (Wildman–Crippen MR) is 123 cm³/mol. The van der Waals surface area contributed by atoms with Crippen LogP contribution in [-0.2, 0) is 11.3 Å². The molecule has 1 aliphatic heterocycles. The minimum atomic E-state index is -0.376. The number of carbonyl (C=O) groups is 2. The van der Waals surface area contributed by atoms with Crippen LogP contribution < -0.4 is 10.2 Å². The van der Waals surface area contributed by atoms with Crippen molar-refractivity contribution in [1.82, 2.24) is 5.32 Å². The topological polar surface area (TPSA) is 49.4 Å². The molecule has 4 nitrogen and oxygen atoms in total. The highest BCUT2D eigenvalue weighted by Gasteiger charge is 2.20. The van der Waals surface area contributed by atoms with Crippen molar-refractivity contribution in [3.05, 3.63) is 101 Å². The number of benzene rings is 3. The van der Waals surface area contributed by atoms with Crippen LogP contribution in [0.5, 0.6) is 0 Å². The molecule has 0 aromatic heterocycles. The Morgan fingerprint density at radius 2 is 1.56 bits per heavy atom. The second kappa shape index (κ2) is 9.93. The Bertz CT molecular complexity index is 1190. The lowest BCUT2D eigenvalue weighted by atomic mass is 10.0. The van der Waals surface area contributed by atoms with Gasteiger partial charge in [-0.3, -0.25) is 9.59 Å². The fourth-order valence-corrected chi connectivity index (χ4v) is 3.65. The van der Waals surface area contributed by atoms with Crippen LogP contribution in [0.1, 0.15) is 46.3 Å². The highest BCUT2D eigenvalue weighted by Crippen LogP contribution is 2.26. The molecule has 5 heteroatoms. The summed E-state index contributed by atoms with van der Waals surface area (Å²) in [4.78, 5) is 27.0. The fraction of sp³-hybridized carbons (Fsp3) is 0.185. The molecule has 160 valence electrons. The van der Waals surface area contributed by atoms with Crippen molar-refractivity contribution in [1.29, 1.82) is 0 Å². The van der Waals surface area contributed by atoms with Gasteiger partial charge < -0.3 is 10.2 Å². The van der Waals surface area contributed by atoms with E-state index < -0.39 is 0 Å². The molecular weight excluding hydrogens is 402 g/mol. The number of rotatable bonds is 6. The number of amides is 2. The third-order valence-corrected chi connectivity index (χ3v) is 5.38. The van der Waals surface area contributed by atoms with Crippen LogP contribution in [0.25, 0.3) is 0 Å². The van der Waals surface area contributed by atoms with Gasteiger partial charge in [-0.1, -0.05) is 42.2 Å². The summed E-state index contributed by atoms with van der Waals surface area (Å²) in [5.41, 5.74) is 4.03. The number of unbranched alkanes of at least 4 members (excludes halogenated alkanes) is 1. The minimum absolute atomic E-state index is 0.0285. The van der Waals surface area contributed by atoms with E-state index in [-0.39, 0.29) is 17.6 Å². The van der Waals surface area contributed by atoms with Gasteiger partial charge in [0.1, 0.15) is 5.82 Å². The molecule has 1 heterocycles. The highest BCUT2D eigenvalue weighted by atomic mass is 18.2. The van der Waals surface area contributed by atoms with Crippen molar-refractivity contribution in [2.45, 2.75) is 25.8 Å². The third kappa shape index (κ3) is 5.04. The number of halogens is 1. The number of hydrogen-bond acceptors (Lipinski definition) is 2. The van der Waals surface area contributed by atoms with E-state index in [4.69, 9.17) is 0 Å². The first-order valence-corrected chi connectivity index (χ1v) is 10.6. The lowest BCUT2D eigenvalue weighted by Crippen LogP contribution is -2.32. The highest BCUT2D eigenvalue weighted by molar-refractivity contribution is 5.95. The van der Waals surface area contributed by atoms with Gasteiger partial charge in [0.25, 0.3) is 5.91 Å². The van der Waals surface area contributed by atoms with Crippen molar-refractivity contribution < 1.29 is 14.0 Å². The molecule has 0 saturated heterocycles. The molecule has 3 aromatic carbocycles. The second-order valence-corrected chi connectivity index (χ2v) is 7.62. The van der Waals surface area contributed by atoms with E-state index in [2.05, 4.69) is 17.2 Å². The summed E-state index contributed by atoms with van der Waals surface area (Å²) >= 11 is 0. The number of fused-ring (bicyclic) bond motifs is 2. The van der Waals surface area contributed by atoms with Gasteiger partial charge in [-0.15, -0.1) is 0 Å². The molecule has 0 unspecified atom stereocenters. The van der Waals surface area contributed by atoms with Crippen LogP contribution in [-0.4, -0.2) is 18.4 Å². The predicted octanol–water partition coefficient (Wildman–Crippen LogP) is 4.67. The van der Waals surface area contributed by atoms with Gasteiger partial charge in [-0.05, 0) is 60.9 Å². The van der Waals surface area contributed by atoms with E-state index in [1.54, 1.807) is 4.90 Å². The largest absolute Gasteiger partial charge is 0.352 e. The zero-order valence-electron chi connectivity index (χ0n) is 17.6. The molecule has 1 N–H and O–H groups in total. The fourth-order valence-electron chi connectivity index (χ4n) is 3.65. The minimum Gasteiger partial charge on any atom is -0.352 e. The molecule has 0 atom stereocenters. The van der Waals surface area contributed by atoms with Crippen LogP contribution in [0.4, 0.5) is 10.1 Å². The first-order valence-electron chi connectivity index (χ1n) is 10.6. The van der Waals surface area contributed by atoms with E-state index in [0.717, 1.165) is 22.4 Å². The van der Waals surface area contributed by atoms with E-state index >= 15 is 0 Å². The Morgan fingerprint density at radius 3 is 2.38 bits per heavy atom. The van der Waals surface area contributed by atoms with Gasteiger partial charge in [0.05, 0.1) is 12.2 Å². The summed E-state index contributed by atoms with van der Waals surface area (Å²) in [5.74, 6) is 5.82. The van der Waals surface area contributed by atoms with E-state index in [9.17, 15) is 14.0 Å². The average molecular weight is 425 g/mol. The van der Waals surface area contributed by atoms with Crippen molar-refractivity contribution >= 4 is 17.5 Å². The Morgan fingerprint density at radius 1 is 0.875 bits per heavy atom. The van der Waals surface area contributed by atoms with Crippen LogP contribution in [0, 0.1) is 17.7 Å². The Labute approximate surface area is 187 Å². The molecule has 0 bridgehead atoms. The summed E-state index contributed by atoms with van der Waals surface area (Å²) in [6.07, 6.45) is 1.69. The summed E-state index contributed by atoms with van der Waals surface area (Å²) in [5, 5.41) is 2.81.